The van der Waals surface area contributed by atoms with Gasteiger partial charge in [0.15, 0.2) is 0 Å². The number of rotatable bonds is 2. The first-order chi connectivity index (χ1) is 9.21. The summed E-state index contributed by atoms with van der Waals surface area (Å²) in [5.41, 5.74) is 0.797. The molecule has 1 saturated heterocycles. The van der Waals surface area contributed by atoms with Gasteiger partial charge in [0.25, 0.3) is 0 Å². The van der Waals surface area contributed by atoms with E-state index in [1.165, 1.54) is 12.1 Å². The number of nitrogens with zero attached hydrogens (tertiary/aromatic N) is 1. The fraction of sp³-hybridized carbons (Fsp3) is 0.400. The molecule has 1 aliphatic heterocycles. The van der Waals surface area contributed by atoms with E-state index in [2.05, 4.69) is 0 Å². The zero-order valence-corrected chi connectivity index (χ0v) is 11.8. The van der Waals surface area contributed by atoms with Crippen LogP contribution in [0.5, 0.6) is 0 Å². The first-order valence-electron chi connectivity index (χ1n) is 6.41. The number of aryl methyl sites for hydroxylation is 1. The van der Waals surface area contributed by atoms with Crippen molar-refractivity contribution in [2.24, 2.45) is 5.41 Å². The van der Waals surface area contributed by atoms with Crippen molar-refractivity contribution in [3.63, 3.8) is 0 Å². The van der Waals surface area contributed by atoms with Crippen molar-refractivity contribution in [2.75, 3.05) is 4.90 Å². The van der Waals surface area contributed by atoms with Gasteiger partial charge in [-0.25, -0.2) is 4.79 Å². The average Bonchev–Trinajstić information content (AvgIpc) is 2.28. The number of hydrogen-bond donors (Lipinski definition) is 1. The standard InChI is InChI=1S/C15H17NO4/c1-9-4-5-10(14(19)20)6-11(9)16-12(17)7-15(2,3)8-13(16)18/h4-6H,7-8H2,1-3H3,(H,19,20). The number of benzene rings is 1. The molecule has 20 heavy (non-hydrogen) atoms. The molecule has 5 nitrogen and oxygen atoms in total. The van der Waals surface area contributed by atoms with Crippen LogP contribution >= 0.6 is 0 Å². The van der Waals surface area contributed by atoms with Gasteiger partial charge >= 0.3 is 5.97 Å². The number of anilines is 1. The molecular formula is C15H17NO4. The molecule has 5 heteroatoms. The molecule has 2 rings (SSSR count). The minimum Gasteiger partial charge on any atom is -0.478 e. The van der Waals surface area contributed by atoms with Gasteiger partial charge in [0.05, 0.1) is 11.3 Å². The van der Waals surface area contributed by atoms with Gasteiger partial charge in [-0.1, -0.05) is 19.9 Å². The lowest BCUT2D eigenvalue weighted by molar-refractivity contribution is -0.132. The number of hydrogen-bond acceptors (Lipinski definition) is 3. The molecule has 1 aromatic rings. The van der Waals surface area contributed by atoms with Gasteiger partial charge in [0.1, 0.15) is 0 Å². The molecule has 106 valence electrons. The third kappa shape index (κ3) is 2.57. The topological polar surface area (TPSA) is 74.7 Å². The van der Waals surface area contributed by atoms with Crippen LogP contribution in [0.25, 0.3) is 0 Å². The highest BCUT2D eigenvalue weighted by molar-refractivity contribution is 6.17. The Bertz CT molecular complexity index is 584. The predicted molar refractivity (Wildman–Crippen MR) is 73.6 cm³/mol. The van der Waals surface area contributed by atoms with E-state index in [-0.39, 0.29) is 35.6 Å². The summed E-state index contributed by atoms with van der Waals surface area (Å²) in [7, 11) is 0. The summed E-state index contributed by atoms with van der Waals surface area (Å²) in [6.07, 6.45) is 0.547. The zero-order valence-electron chi connectivity index (χ0n) is 11.8. The molecule has 1 N–H and O–H groups in total. The summed E-state index contributed by atoms with van der Waals surface area (Å²) >= 11 is 0. The van der Waals surface area contributed by atoms with Gasteiger partial charge in [0, 0.05) is 12.8 Å². The van der Waals surface area contributed by atoms with Gasteiger partial charge in [-0.05, 0) is 30.0 Å². The fourth-order valence-electron chi connectivity index (χ4n) is 2.43. The third-order valence-electron chi connectivity index (χ3n) is 3.46. The third-order valence-corrected chi connectivity index (χ3v) is 3.46. The van der Waals surface area contributed by atoms with Crippen molar-refractivity contribution >= 4 is 23.5 Å². The summed E-state index contributed by atoms with van der Waals surface area (Å²) in [6, 6.07) is 4.45. The van der Waals surface area contributed by atoms with Crippen LogP contribution < -0.4 is 4.90 Å². The van der Waals surface area contributed by atoms with Gasteiger partial charge in [-0.3, -0.25) is 14.5 Å². The maximum absolute atomic E-state index is 12.2. The molecule has 1 aromatic carbocycles. The zero-order chi connectivity index (χ0) is 15.1. The Morgan fingerprint density at radius 3 is 2.25 bits per heavy atom. The Morgan fingerprint density at radius 2 is 1.75 bits per heavy atom. The summed E-state index contributed by atoms with van der Waals surface area (Å²) in [5, 5.41) is 9.03. The molecule has 1 aliphatic rings. The molecule has 0 saturated carbocycles. The Kier molecular flexibility index (Phi) is 3.38. The highest BCUT2D eigenvalue weighted by Crippen LogP contribution is 2.35. The monoisotopic (exact) mass is 275 g/mol. The number of carbonyl (C=O) groups is 3. The minimum absolute atomic E-state index is 0.0658. The number of carboxylic acids is 1. The second kappa shape index (κ2) is 4.74. The highest BCUT2D eigenvalue weighted by atomic mass is 16.4. The molecule has 0 aliphatic carbocycles. The van der Waals surface area contributed by atoms with Crippen LogP contribution in [0.1, 0.15) is 42.6 Å². The van der Waals surface area contributed by atoms with Crippen molar-refractivity contribution < 1.29 is 19.5 Å². The Balaban J connectivity index is 2.46. The number of carboxylic acid groups (broad SMARTS) is 1. The van der Waals surface area contributed by atoms with E-state index in [9.17, 15) is 14.4 Å². The van der Waals surface area contributed by atoms with E-state index >= 15 is 0 Å². The molecule has 0 atom stereocenters. The maximum Gasteiger partial charge on any atom is 0.335 e. The molecule has 1 heterocycles. The summed E-state index contributed by atoms with van der Waals surface area (Å²) in [6.45, 7) is 5.50. The Morgan fingerprint density at radius 1 is 1.20 bits per heavy atom. The number of amides is 2. The molecule has 0 radical (unpaired) electrons. The van der Waals surface area contributed by atoms with Gasteiger partial charge < -0.3 is 5.11 Å². The van der Waals surface area contributed by atoms with E-state index in [4.69, 9.17) is 5.11 Å². The van der Waals surface area contributed by atoms with Crippen LogP contribution in [0.4, 0.5) is 5.69 Å². The van der Waals surface area contributed by atoms with Crippen molar-refractivity contribution in [2.45, 2.75) is 33.6 Å². The molecule has 0 spiro atoms. The maximum atomic E-state index is 12.2. The van der Waals surface area contributed by atoms with Crippen LogP contribution in [-0.4, -0.2) is 22.9 Å². The van der Waals surface area contributed by atoms with Crippen LogP contribution in [0, 0.1) is 12.3 Å². The molecular weight excluding hydrogens is 258 g/mol. The lowest BCUT2D eigenvalue weighted by Crippen LogP contribution is -2.46. The molecule has 0 unspecified atom stereocenters. The average molecular weight is 275 g/mol. The smallest absolute Gasteiger partial charge is 0.335 e. The minimum atomic E-state index is -1.08. The van der Waals surface area contributed by atoms with Crippen molar-refractivity contribution in [3.8, 4) is 0 Å². The number of carbonyl (C=O) groups excluding carboxylic acids is 2. The number of piperidine rings is 1. The SMILES string of the molecule is Cc1ccc(C(=O)O)cc1N1C(=O)CC(C)(C)CC1=O. The van der Waals surface area contributed by atoms with Crippen molar-refractivity contribution in [3.05, 3.63) is 29.3 Å². The van der Waals surface area contributed by atoms with E-state index in [1.54, 1.807) is 13.0 Å². The van der Waals surface area contributed by atoms with E-state index in [0.29, 0.717) is 11.3 Å². The lowest BCUT2D eigenvalue weighted by Gasteiger charge is -2.35. The second-order valence-electron chi connectivity index (χ2n) is 5.95. The normalized spacial score (nSPS) is 18.2. The van der Waals surface area contributed by atoms with E-state index < -0.39 is 5.97 Å². The predicted octanol–water partition coefficient (Wildman–Crippen LogP) is 2.37. The first kappa shape index (κ1) is 14.2. The highest BCUT2D eigenvalue weighted by Gasteiger charge is 2.38. The number of aromatic carboxylic acids is 1. The van der Waals surface area contributed by atoms with E-state index in [1.807, 2.05) is 13.8 Å². The summed E-state index contributed by atoms with van der Waals surface area (Å²) in [4.78, 5) is 36.6. The first-order valence-corrected chi connectivity index (χ1v) is 6.41. The van der Waals surface area contributed by atoms with Crippen LogP contribution in [0.15, 0.2) is 18.2 Å². The van der Waals surface area contributed by atoms with Crippen LogP contribution in [0.2, 0.25) is 0 Å². The fourth-order valence-corrected chi connectivity index (χ4v) is 2.43. The lowest BCUT2D eigenvalue weighted by atomic mass is 9.81. The summed E-state index contributed by atoms with van der Waals surface area (Å²) < 4.78 is 0. The quantitative estimate of drug-likeness (QED) is 0.841. The van der Waals surface area contributed by atoms with Crippen LogP contribution in [-0.2, 0) is 9.59 Å². The largest absolute Gasteiger partial charge is 0.478 e. The van der Waals surface area contributed by atoms with Crippen LogP contribution in [0.3, 0.4) is 0 Å². The van der Waals surface area contributed by atoms with Gasteiger partial charge in [-0.2, -0.15) is 0 Å². The Hall–Kier alpha value is -2.17. The molecule has 0 bridgehead atoms. The van der Waals surface area contributed by atoms with Gasteiger partial charge in [0.2, 0.25) is 11.8 Å². The van der Waals surface area contributed by atoms with Gasteiger partial charge in [-0.15, -0.1) is 0 Å². The van der Waals surface area contributed by atoms with Crippen molar-refractivity contribution in [1.29, 1.82) is 0 Å². The second-order valence-corrected chi connectivity index (χ2v) is 5.95. The molecule has 1 fully saturated rings. The molecule has 2 amide bonds. The molecule has 0 aromatic heterocycles. The number of imide groups is 1. The van der Waals surface area contributed by atoms with Crippen molar-refractivity contribution in [1.82, 2.24) is 0 Å². The Labute approximate surface area is 117 Å². The van der Waals surface area contributed by atoms with E-state index in [0.717, 1.165) is 4.90 Å². The summed E-state index contributed by atoms with van der Waals surface area (Å²) in [5.74, 6) is -1.64.